The van der Waals surface area contributed by atoms with Gasteiger partial charge in [-0.1, -0.05) is 86.6 Å². The SMILES string of the molecule is CCc1cc(C2(c3ccc(OCC(C)OCC4CO4)c(CC)c3)c3ccccc3-c3ccccc32)ccc1OCC(C)OCC1CO1. The second-order valence-electron chi connectivity index (χ2n) is 13.0. The zero-order valence-electron chi connectivity index (χ0n) is 28.0. The van der Waals surface area contributed by atoms with E-state index >= 15 is 0 Å². The zero-order valence-corrected chi connectivity index (χ0v) is 28.0. The summed E-state index contributed by atoms with van der Waals surface area (Å²) in [5.41, 5.74) is 9.46. The summed E-state index contributed by atoms with van der Waals surface area (Å²) in [6.07, 6.45) is 2.17. The summed E-state index contributed by atoms with van der Waals surface area (Å²) in [6.45, 7) is 12.3. The van der Waals surface area contributed by atoms with Crippen LogP contribution in [0.2, 0.25) is 0 Å². The molecule has 0 saturated carbocycles. The third kappa shape index (κ3) is 6.57. The monoisotopic (exact) mass is 634 g/mol. The Kier molecular flexibility index (Phi) is 9.38. The van der Waals surface area contributed by atoms with Crippen LogP contribution < -0.4 is 9.47 Å². The zero-order chi connectivity index (χ0) is 32.4. The Labute approximate surface area is 278 Å². The average Bonchev–Trinajstić information content (AvgIpc) is 4.06. The predicted molar refractivity (Wildman–Crippen MR) is 184 cm³/mol. The minimum Gasteiger partial charge on any atom is -0.491 e. The van der Waals surface area contributed by atoms with Crippen molar-refractivity contribution < 1.29 is 28.4 Å². The summed E-state index contributed by atoms with van der Waals surface area (Å²) in [6, 6.07) is 31.3. The maximum atomic E-state index is 6.37. The van der Waals surface area contributed by atoms with Gasteiger partial charge in [-0.25, -0.2) is 0 Å². The van der Waals surface area contributed by atoms with E-state index in [1.54, 1.807) is 0 Å². The van der Waals surface area contributed by atoms with Crippen molar-refractivity contribution in [2.75, 3.05) is 39.6 Å². The highest BCUT2D eigenvalue weighted by atomic mass is 16.6. The minimum atomic E-state index is -0.501. The predicted octanol–water partition coefficient (Wildman–Crippen LogP) is 7.54. The van der Waals surface area contributed by atoms with Crippen molar-refractivity contribution in [3.63, 3.8) is 0 Å². The molecule has 0 amide bonds. The molecule has 4 aromatic rings. The molecule has 0 radical (unpaired) electrons. The molecular formula is C41H46O6. The van der Waals surface area contributed by atoms with Crippen LogP contribution in [0.25, 0.3) is 11.1 Å². The van der Waals surface area contributed by atoms with Gasteiger partial charge in [-0.05, 0) is 83.3 Å². The van der Waals surface area contributed by atoms with Crippen molar-refractivity contribution in [2.45, 2.75) is 70.4 Å². The largest absolute Gasteiger partial charge is 0.491 e. The van der Waals surface area contributed by atoms with Crippen molar-refractivity contribution in [3.05, 3.63) is 118 Å². The van der Waals surface area contributed by atoms with Crippen LogP contribution in [-0.2, 0) is 37.2 Å². The second kappa shape index (κ2) is 13.8. The van der Waals surface area contributed by atoms with Gasteiger partial charge in [0.25, 0.3) is 0 Å². The van der Waals surface area contributed by atoms with Crippen molar-refractivity contribution in [3.8, 4) is 22.6 Å². The maximum absolute atomic E-state index is 6.37. The Balaban J connectivity index is 1.26. The lowest BCUT2D eigenvalue weighted by Gasteiger charge is -2.35. The molecule has 0 aromatic heterocycles. The lowest BCUT2D eigenvalue weighted by atomic mass is 9.67. The fourth-order valence-corrected chi connectivity index (χ4v) is 6.87. The molecule has 1 aliphatic carbocycles. The van der Waals surface area contributed by atoms with E-state index in [9.17, 15) is 0 Å². The molecule has 0 spiro atoms. The first-order chi connectivity index (χ1) is 23.0. The third-order valence-electron chi connectivity index (χ3n) is 9.59. The van der Waals surface area contributed by atoms with Gasteiger partial charge < -0.3 is 28.4 Å². The van der Waals surface area contributed by atoms with Gasteiger partial charge in [-0.3, -0.25) is 0 Å². The normalized spacial score (nSPS) is 19.8. The van der Waals surface area contributed by atoms with Crippen LogP contribution in [0.3, 0.4) is 0 Å². The number of ether oxygens (including phenoxy) is 6. The molecule has 6 heteroatoms. The Morgan fingerprint density at radius 1 is 0.638 bits per heavy atom. The Morgan fingerprint density at radius 2 is 1.06 bits per heavy atom. The Bertz CT molecular complexity index is 1560. The minimum absolute atomic E-state index is 0.0153. The van der Waals surface area contributed by atoms with Gasteiger partial charge in [-0.15, -0.1) is 0 Å². The number of aryl methyl sites for hydroxylation is 2. The highest BCUT2D eigenvalue weighted by Gasteiger charge is 2.46. The molecule has 0 N–H and O–H groups in total. The Hall–Kier alpha value is -3.68. The second-order valence-corrected chi connectivity index (χ2v) is 13.0. The fourth-order valence-electron chi connectivity index (χ4n) is 6.87. The lowest BCUT2D eigenvalue weighted by molar-refractivity contribution is 0.0239. The van der Waals surface area contributed by atoms with Gasteiger partial charge in [0, 0.05) is 0 Å². The van der Waals surface area contributed by atoms with Gasteiger partial charge in [-0.2, -0.15) is 0 Å². The van der Waals surface area contributed by atoms with E-state index in [1.165, 1.54) is 44.5 Å². The molecular weight excluding hydrogens is 588 g/mol. The summed E-state index contributed by atoms with van der Waals surface area (Å²) in [5.74, 6) is 1.82. The smallest absolute Gasteiger partial charge is 0.122 e. The number of hydrogen-bond acceptors (Lipinski definition) is 6. The number of benzene rings is 4. The van der Waals surface area contributed by atoms with Gasteiger partial charge in [0.05, 0.1) is 44.1 Å². The molecule has 2 fully saturated rings. The molecule has 3 aliphatic rings. The van der Waals surface area contributed by atoms with E-state index in [-0.39, 0.29) is 24.4 Å². The van der Waals surface area contributed by atoms with Crippen LogP contribution in [0, 0.1) is 0 Å². The summed E-state index contributed by atoms with van der Waals surface area (Å²) in [5, 5.41) is 0. The first-order valence-corrected chi connectivity index (χ1v) is 17.2. The fraction of sp³-hybridized carbons (Fsp3) is 0.415. The number of epoxide rings is 2. The van der Waals surface area contributed by atoms with Gasteiger partial charge in [0.2, 0.25) is 0 Å². The number of rotatable bonds is 16. The topological polar surface area (TPSA) is 62.0 Å². The highest BCUT2D eigenvalue weighted by molar-refractivity contribution is 5.86. The molecule has 2 saturated heterocycles. The van der Waals surface area contributed by atoms with Crippen LogP contribution in [0.4, 0.5) is 0 Å². The van der Waals surface area contributed by atoms with Gasteiger partial charge in [0.15, 0.2) is 0 Å². The number of fused-ring (bicyclic) bond motifs is 3. The first kappa shape index (κ1) is 31.9. The summed E-state index contributed by atoms with van der Waals surface area (Å²) >= 11 is 0. The third-order valence-corrected chi connectivity index (χ3v) is 9.59. The maximum Gasteiger partial charge on any atom is 0.122 e. The molecule has 4 atom stereocenters. The van der Waals surface area contributed by atoms with Crippen LogP contribution in [0.5, 0.6) is 11.5 Å². The van der Waals surface area contributed by atoms with Crippen LogP contribution in [0.15, 0.2) is 84.9 Å². The van der Waals surface area contributed by atoms with E-state index in [1.807, 2.05) is 0 Å². The standard InChI is InChI=1S/C41H46O6/c1-5-29-19-31(15-17-39(29)46-21-27(3)42-23-33-25-44-33)41(37-13-9-7-11-35(37)36-12-8-10-14-38(36)41)32-16-18-40(30(6-2)20-32)47-22-28(4)43-24-34-26-45-34/h7-20,27-28,33-34H,5-6,21-26H2,1-4H3. The van der Waals surface area contributed by atoms with E-state index in [0.717, 1.165) is 37.6 Å². The molecule has 4 aromatic carbocycles. The van der Waals surface area contributed by atoms with E-state index < -0.39 is 5.41 Å². The van der Waals surface area contributed by atoms with E-state index in [4.69, 9.17) is 28.4 Å². The van der Waals surface area contributed by atoms with Crippen LogP contribution in [0.1, 0.15) is 61.1 Å². The highest BCUT2D eigenvalue weighted by Crippen LogP contribution is 2.56. The quantitative estimate of drug-likeness (QED) is 0.105. The van der Waals surface area contributed by atoms with Crippen molar-refractivity contribution in [1.29, 1.82) is 0 Å². The summed E-state index contributed by atoms with van der Waals surface area (Å²) in [4.78, 5) is 0. The van der Waals surface area contributed by atoms with Gasteiger partial charge >= 0.3 is 0 Å². The number of hydrogen-bond donors (Lipinski definition) is 0. The average molecular weight is 635 g/mol. The molecule has 0 bridgehead atoms. The molecule has 47 heavy (non-hydrogen) atoms. The molecule has 2 heterocycles. The van der Waals surface area contributed by atoms with Gasteiger partial charge in [0.1, 0.15) is 36.9 Å². The van der Waals surface area contributed by atoms with Crippen molar-refractivity contribution in [1.82, 2.24) is 0 Å². The molecule has 7 rings (SSSR count). The summed E-state index contributed by atoms with van der Waals surface area (Å²) in [7, 11) is 0. The Morgan fingerprint density at radius 3 is 1.47 bits per heavy atom. The van der Waals surface area contributed by atoms with Crippen molar-refractivity contribution >= 4 is 0 Å². The van der Waals surface area contributed by atoms with Crippen molar-refractivity contribution in [2.24, 2.45) is 0 Å². The molecule has 2 aliphatic heterocycles. The molecule has 6 nitrogen and oxygen atoms in total. The van der Waals surface area contributed by atoms with Crippen LogP contribution in [-0.4, -0.2) is 64.1 Å². The molecule has 246 valence electrons. The van der Waals surface area contributed by atoms with E-state index in [0.29, 0.717) is 26.4 Å². The summed E-state index contributed by atoms with van der Waals surface area (Å²) < 4.78 is 35.2. The van der Waals surface area contributed by atoms with E-state index in [2.05, 4.69) is 113 Å². The first-order valence-electron chi connectivity index (χ1n) is 17.2. The lowest BCUT2D eigenvalue weighted by Crippen LogP contribution is -2.29. The van der Waals surface area contributed by atoms with Crippen LogP contribution >= 0.6 is 0 Å². The molecule has 4 unspecified atom stereocenters.